The van der Waals surface area contributed by atoms with Crippen LogP contribution in [0.5, 0.6) is 0 Å². The lowest BCUT2D eigenvalue weighted by atomic mass is 10.0. The summed E-state index contributed by atoms with van der Waals surface area (Å²) in [5, 5.41) is 2.05. The number of fused-ring (bicyclic) bond motifs is 4. The minimum atomic E-state index is 0.563. The average Bonchev–Trinajstić information content (AvgIpc) is 3.74. The predicted molar refractivity (Wildman–Crippen MR) is 180 cm³/mol. The lowest BCUT2D eigenvalue weighted by molar-refractivity contribution is 0.619. The summed E-state index contributed by atoms with van der Waals surface area (Å²) in [4.78, 5) is 23.5. The van der Waals surface area contributed by atoms with Gasteiger partial charge in [0.05, 0.1) is 0 Å². The molecule has 0 N–H and O–H groups in total. The Hall–Kier alpha value is -6.47. The van der Waals surface area contributed by atoms with E-state index in [1.807, 2.05) is 103 Å². The molecule has 46 heavy (non-hydrogen) atoms. The Morgan fingerprint density at radius 3 is 1.80 bits per heavy atom. The van der Waals surface area contributed by atoms with Crippen LogP contribution < -0.4 is 0 Å². The zero-order chi connectivity index (χ0) is 30.5. The van der Waals surface area contributed by atoms with Crippen LogP contribution in [-0.4, -0.2) is 24.9 Å². The van der Waals surface area contributed by atoms with E-state index in [-0.39, 0.29) is 0 Å². The van der Waals surface area contributed by atoms with Crippen molar-refractivity contribution in [2.75, 3.05) is 0 Å². The standard InChI is InChI=1S/C39H23N5O2/c1-3-8-24(9-4-1)36-42-37(25-10-5-2-6-11-25)44-38(43-36)28-14-16-30-31-13-7-12-29(35(31)45-34(30)23-28)27-15-17-33-32(22-27)41-39(46-33)26-18-20-40-21-19-26/h1-23H. The summed E-state index contributed by atoms with van der Waals surface area (Å²) in [5.41, 5.74) is 8.60. The van der Waals surface area contributed by atoms with Crippen LogP contribution in [0.2, 0.25) is 0 Å². The molecule has 0 saturated carbocycles. The molecule has 0 saturated heterocycles. The lowest BCUT2D eigenvalue weighted by Crippen LogP contribution is -2.00. The first-order chi connectivity index (χ1) is 22.8. The molecule has 9 rings (SSSR count). The number of aromatic nitrogens is 5. The molecular formula is C39H23N5O2. The summed E-state index contributed by atoms with van der Waals surface area (Å²) in [6.07, 6.45) is 3.46. The van der Waals surface area contributed by atoms with E-state index in [9.17, 15) is 0 Å². The van der Waals surface area contributed by atoms with E-state index >= 15 is 0 Å². The third kappa shape index (κ3) is 4.50. The zero-order valence-electron chi connectivity index (χ0n) is 24.3. The van der Waals surface area contributed by atoms with Crippen molar-refractivity contribution in [3.8, 4) is 56.7 Å². The smallest absolute Gasteiger partial charge is 0.227 e. The predicted octanol–water partition coefficient (Wildman–Crippen LogP) is 9.64. The molecule has 4 aromatic heterocycles. The number of furan rings is 1. The van der Waals surface area contributed by atoms with Gasteiger partial charge < -0.3 is 8.83 Å². The Kier molecular flexibility index (Phi) is 5.99. The van der Waals surface area contributed by atoms with Crippen LogP contribution in [0.1, 0.15) is 0 Å². The highest BCUT2D eigenvalue weighted by Gasteiger charge is 2.17. The first kappa shape index (κ1) is 26.0. The van der Waals surface area contributed by atoms with E-state index < -0.39 is 0 Å². The first-order valence-corrected chi connectivity index (χ1v) is 14.9. The van der Waals surface area contributed by atoms with Gasteiger partial charge in [0.15, 0.2) is 23.1 Å². The number of rotatable bonds is 5. The molecule has 216 valence electrons. The maximum atomic E-state index is 6.59. The molecule has 9 aromatic rings. The van der Waals surface area contributed by atoms with Gasteiger partial charge in [-0.25, -0.2) is 19.9 Å². The number of pyridine rings is 1. The normalized spacial score (nSPS) is 11.5. The van der Waals surface area contributed by atoms with Crippen molar-refractivity contribution in [3.63, 3.8) is 0 Å². The van der Waals surface area contributed by atoms with Crippen LogP contribution in [0, 0.1) is 0 Å². The maximum absolute atomic E-state index is 6.59. The Morgan fingerprint density at radius 2 is 1.09 bits per heavy atom. The van der Waals surface area contributed by atoms with Crippen molar-refractivity contribution in [2.24, 2.45) is 0 Å². The van der Waals surface area contributed by atoms with Gasteiger partial charge in [0.2, 0.25) is 5.89 Å². The van der Waals surface area contributed by atoms with Gasteiger partial charge in [0, 0.05) is 51.0 Å². The van der Waals surface area contributed by atoms with E-state index in [0.717, 1.165) is 66.4 Å². The number of oxazole rings is 1. The Morgan fingerprint density at radius 1 is 0.413 bits per heavy atom. The number of nitrogens with zero attached hydrogens (tertiary/aromatic N) is 5. The topological polar surface area (TPSA) is 90.7 Å². The van der Waals surface area contributed by atoms with Crippen molar-refractivity contribution in [1.29, 1.82) is 0 Å². The van der Waals surface area contributed by atoms with Crippen molar-refractivity contribution in [3.05, 3.63) is 140 Å². The van der Waals surface area contributed by atoms with Gasteiger partial charge in [0.25, 0.3) is 0 Å². The first-order valence-electron chi connectivity index (χ1n) is 14.9. The van der Waals surface area contributed by atoms with Crippen LogP contribution >= 0.6 is 0 Å². The second-order valence-electron chi connectivity index (χ2n) is 11.0. The van der Waals surface area contributed by atoms with E-state index in [2.05, 4.69) is 29.2 Å². The molecule has 0 amide bonds. The Balaban J connectivity index is 1.16. The molecule has 7 nitrogen and oxygen atoms in total. The summed E-state index contributed by atoms with van der Waals surface area (Å²) < 4.78 is 12.6. The second-order valence-corrected chi connectivity index (χ2v) is 11.0. The number of hydrogen-bond donors (Lipinski definition) is 0. The minimum Gasteiger partial charge on any atom is -0.455 e. The fourth-order valence-corrected chi connectivity index (χ4v) is 5.82. The van der Waals surface area contributed by atoms with Crippen LogP contribution in [0.15, 0.2) is 149 Å². The molecule has 5 aromatic carbocycles. The van der Waals surface area contributed by atoms with Gasteiger partial charge in [-0.3, -0.25) is 4.98 Å². The SMILES string of the molecule is c1ccc(-c2nc(-c3ccccc3)nc(-c3ccc4c(c3)oc3c(-c5ccc6oc(-c7ccncc7)nc6c5)cccc34)n2)cc1. The molecule has 0 unspecified atom stereocenters. The Labute approximate surface area is 262 Å². The number of benzene rings is 5. The Bertz CT molecular complexity index is 2470. The van der Waals surface area contributed by atoms with Gasteiger partial charge in [0.1, 0.15) is 16.7 Å². The quantitative estimate of drug-likeness (QED) is 0.196. The summed E-state index contributed by atoms with van der Waals surface area (Å²) in [5.74, 6) is 2.38. The third-order valence-electron chi connectivity index (χ3n) is 8.08. The summed E-state index contributed by atoms with van der Waals surface area (Å²) in [7, 11) is 0. The molecular weight excluding hydrogens is 570 g/mol. The molecule has 0 atom stereocenters. The monoisotopic (exact) mass is 593 g/mol. The fourth-order valence-electron chi connectivity index (χ4n) is 5.82. The molecule has 0 aliphatic heterocycles. The van der Waals surface area contributed by atoms with Gasteiger partial charge in [-0.15, -0.1) is 0 Å². The molecule has 4 heterocycles. The molecule has 0 radical (unpaired) electrons. The van der Waals surface area contributed by atoms with Gasteiger partial charge in [-0.2, -0.15) is 0 Å². The zero-order valence-corrected chi connectivity index (χ0v) is 24.3. The maximum Gasteiger partial charge on any atom is 0.227 e. The summed E-state index contributed by atoms with van der Waals surface area (Å²) in [6.45, 7) is 0. The molecule has 7 heteroatoms. The minimum absolute atomic E-state index is 0.563. The highest BCUT2D eigenvalue weighted by atomic mass is 16.3. The number of para-hydroxylation sites is 1. The highest BCUT2D eigenvalue weighted by Crippen LogP contribution is 2.38. The van der Waals surface area contributed by atoms with Crippen molar-refractivity contribution in [2.45, 2.75) is 0 Å². The van der Waals surface area contributed by atoms with Crippen LogP contribution in [0.25, 0.3) is 89.8 Å². The molecule has 0 fully saturated rings. The van der Waals surface area contributed by atoms with Crippen LogP contribution in [-0.2, 0) is 0 Å². The fraction of sp³-hybridized carbons (Fsp3) is 0. The summed E-state index contributed by atoms with van der Waals surface area (Å²) in [6, 6.07) is 42.1. The largest absolute Gasteiger partial charge is 0.455 e. The van der Waals surface area contributed by atoms with Gasteiger partial charge in [-0.1, -0.05) is 91.0 Å². The molecule has 0 bridgehead atoms. The van der Waals surface area contributed by atoms with E-state index in [4.69, 9.17) is 28.8 Å². The number of hydrogen-bond acceptors (Lipinski definition) is 7. The van der Waals surface area contributed by atoms with Crippen molar-refractivity contribution in [1.82, 2.24) is 24.9 Å². The van der Waals surface area contributed by atoms with Crippen LogP contribution in [0.3, 0.4) is 0 Å². The van der Waals surface area contributed by atoms with E-state index in [1.165, 1.54) is 0 Å². The lowest BCUT2D eigenvalue weighted by Gasteiger charge is -2.08. The van der Waals surface area contributed by atoms with Gasteiger partial charge >= 0.3 is 0 Å². The van der Waals surface area contributed by atoms with E-state index in [1.54, 1.807) is 12.4 Å². The van der Waals surface area contributed by atoms with Crippen molar-refractivity contribution >= 4 is 33.0 Å². The average molecular weight is 594 g/mol. The molecule has 0 spiro atoms. The van der Waals surface area contributed by atoms with E-state index in [0.29, 0.717) is 23.4 Å². The highest BCUT2D eigenvalue weighted by molar-refractivity contribution is 6.10. The third-order valence-corrected chi connectivity index (χ3v) is 8.08. The van der Waals surface area contributed by atoms with Gasteiger partial charge in [-0.05, 0) is 42.0 Å². The summed E-state index contributed by atoms with van der Waals surface area (Å²) >= 11 is 0. The molecule has 0 aliphatic carbocycles. The molecule has 0 aliphatic rings. The second kappa shape index (κ2) is 10.6. The van der Waals surface area contributed by atoms with Crippen molar-refractivity contribution < 1.29 is 8.83 Å². The van der Waals surface area contributed by atoms with Crippen LogP contribution in [0.4, 0.5) is 0 Å².